The van der Waals surface area contributed by atoms with Gasteiger partial charge in [0.25, 0.3) is 0 Å². The van der Waals surface area contributed by atoms with Crippen molar-refractivity contribution in [2.45, 2.75) is 6.61 Å². The van der Waals surface area contributed by atoms with Gasteiger partial charge < -0.3 is 18.9 Å². The summed E-state index contributed by atoms with van der Waals surface area (Å²) in [6, 6.07) is 8.66. The average molecular weight is 381 g/mol. The molecule has 0 saturated heterocycles. The van der Waals surface area contributed by atoms with Crippen molar-refractivity contribution in [1.29, 1.82) is 0 Å². The van der Waals surface area contributed by atoms with Crippen molar-refractivity contribution in [2.24, 2.45) is 0 Å². The third kappa shape index (κ3) is 3.96. The van der Waals surface area contributed by atoms with Crippen LogP contribution in [0.25, 0.3) is 0 Å². The van der Waals surface area contributed by atoms with Crippen LogP contribution in [0.2, 0.25) is 0 Å². The van der Waals surface area contributed by atoms with Gasteiger partial charge in [-0.1, -0.05) is 0 Å². The first-order valence-corrected chi connectivity index (χ1v) is 7.58. The number of hydrogen-bond donors (Lipinski definition) is 0. The number of methoxy groups -OCH3 is 3. The first kappa shape index (κ1) is 17.1. The molecule has 6 heteroatoms. The largest absolute Gasteiger partial charge is 0.496 e. The summed E-state index contributed by atoms with van der Waals surface area (Å²) in [5, 5.41) is 0. The quantitative estimate of drug-likeness (QED) is 0.682. The van der Waals surface area contributed by atoms with Crippen LogP contribution in [0.4, 0.5) is 0 Å². The number of benzene rings is 2. The van der Waals surface area contributed by atoms with E-state index < -0.39 is 0 Å². The van der Waals surface area contributed by atoms with Gasteiger partial charge in [-0.05, 0) is 46.3 Å². The number of rotatable bonds is 7. The lowest BCUT2D eigenvalue weighted by Crippen LogP contribution is -2.01. The van der Waals surface area contributed by atoms with Gasteiger partial charge in [-0.2, -0.15) is 0 Å². The standard InChI is InChI=1S/C17H17BrO5/c1-20-15-8-13(18)16(21-2)7-12(15)10-23-14-5-4-11(9-19)6-17(14)22-3/h4-9H,10H2,1-3H3. The second-order valence-electron chi connectivity index (χ2n) is 4.62. The fourth-order valence-electron chi connectivity index (χ4n) is 2.07. The summed E-state index contributed by atoms with van der Waals surface area (Å²) >= 11 is 3.42. The highest BCUT2D eigenvalue weighted by atomic mass is 79.9. The molecule has 0 aromatic heterocycles. The summed E-state index contributed by atoms with van der Waals surface area (Å²) < 4.78 is 22.5. The molecule has 2 rings (SSSR count). The fourth-order valence-corrected chi connectivity index (χ4v) is 2.55. The van der Waals surface area contributed by atoms with E-state index in [2.05, 4.69) is 15.9 Å². The molecule has 0 aliphatic heterocycles. The lowest BCUT2D eigenvalue weighted by Gasteiger charge is -2.15. The number of halogens is 1. The van der Waals surface area contributed by atoms with E-state index in [4.69, 9.17) is 18.9 Å². The second kappa shape index (κ2) is 7.87. The molecule has 0 atom stereocenters. The summed E-state index contributed by atoms with van der Waals surface area (Å²) in [6.07, 6.45) is 0.759. The van der Waals surface area contributed by atoms with Gasteiger partial charge in [-0.15, -0.1) is 0 Å². The Balaban J connectivity index is 2.25. The molecule has 0 fully saturated rings. The normalized spacial score (nSPS) is 10.1. The highest BCUT2D eigenvalue weighted by Crippen LogP contribution is 2.34. The summed E-state index contributed by atoms with van der Waals surface area (Å²) in [4.78, 5) is 10.8. The molecule has 0 amide bonds. The van der Waals surface area contributed by atoms with Crippen LogP contribution in [0.1, 0.15) is 15.9 Å². The minimum Gasteiger partial charge on any atom is -0.496 e. The van der Waals surface area contributed by atoms with Gasteiger partial charge in [-0.3, -0.25) is 4.79 Å². The number of carbonyl (C=O) groups is 1. The van der Waals surface area contributed by atoms with Gasteiger partial charge in [0.2, 0.25) is 0 Å². The van der Waals surface area contributed by atoms with Crippen molar-refractivity contribution >= 4 is 22.2 Å². The van der Waals surface area contributed by atoms with Crippen LogP contribution in [0, 0.1) is 0 Å². The van der Waals surface area contributed by atoms with Crippen LogP contribution in [0.15, 0.2) is 34.8 Å². The Labute approximate surface area is 143 Å². The van der Waals surface area contributed by atoms with Gasteiger partial charge in [0.15, 0.2) is 11.5 Å². The molecule has 122 valence electrons. The number of hydrogen-bond acceptors (Lipinski definition) is 5. The van der Waals surface area contributed by atoms with Gasteiger partial charge >= 0.3 is 0 Å². The molecule has 0 spiro atoms. The van der Waals surface area contributed by atoms with Gasteiger partial charge in [0.05, 0.1) is 25.8 Å². The van der Waals surface area contributed by atoms with E-state index >= 15 is 0 Å². The van der Waals surface area contributed by atoms with Crippen molar-refractivity contribution in [3.63, 3.8) is 0 Å². The molecule has 5 nitrogen and oxygen atoms in total. The minimum atomic E-state index is 0.267. The van der Waals surface area contributed by atoms with Crippen LogP contribution in [0.5, 0.6) is 23.0 Å². The fraction of sp³-hybridized carbons (Fsp3) is 0.235. The Morgan fingerprint density at radius 2 is 1.61 bits per heavy atom. The Morgan fingerprint density at radius 3 is 2.22 bits per heavy atom. The van der Waals surface area contributed by atoms with Crippen LogP contribution in [-0.2, 0) is 6.61 Å². The molecule has 0 radical (unpaired) electrons. The van der Waals surface area contributed by atoms with E-state index in [9.17, 15) is 4.79 Å². The number of carbonyl (C=O) groups excluding carboxylic acids is 1. The molecule has 0 unspecified atom stereocenters. The molecular formula is C17H17BrO5. The molecule has 0 aliphatic rings. The Kier molecular flexibility index (Phi) is 5.87. The van der Waals surface area contributed by atoms with E-state index in [0.717, 1.165) is 16.3 Å². The smallest absolute Gasteiger partial charge is 0.161 e. The van der Waals surface area contributed by atoms with E-state index in [0.29, 0.717) is 28.6 Å². The maximum absolute atomic E-state index is 10.8. The molecule has 23 heavy (non-hydrogen) atoms. The highest BCUT2D eigenvalue weighted by Gasteiger charge is 2.12. The molecule has 0 bridgehead atoms. The van der Waals surface area contributed by atoms with E-state index in [-0.39, 0.29) is 6.61 Å². The summed E-state index contributed by atoms with van der Waals surface area (Å²) in [5.41, 5.74) is 1.35. The molecule has 0 aliphatic carbocycles. The lowest BCUT2D eigenvalue weighted by molar-refractivity contribution is 0.112. The molecule has 0 saturated carbocycles. The highest BCUT2D eigenvalue weighted by molar-refractivity contribution is 9.10. The maximum atomic E-state index is 10.8. The molecule has 2 aromatic carbocycles. The molecular weight excluding hydrogens is 364 g/mol. The van der Waals surface area contributed by atoms with E-state index in [1.165, 1.54) is 7.11 Å². The van der Waals surface area contributed by atoms with Crippen molar-refractivity contribution in [3.8, 4) is 23.0 Å². The van der Waals surface area contributed by atoms with Crippen LogP contribution in [0.3, 0.4) is 0 Å². The third-order valence-corrected chi connectivity index (χ3v) is 3.88. The van der Waals surface area contributed by atoms with Crippen LogP contribution >= 0.6 is 15.9 Å². The van der Waals surface area contributed by atoms with Gasteiger partial charge in [0, 0.05) is 11.1 Å². The third-order valence-electron chi connectivity index (χ3n) is 3.26. The molecule has 2 aromatic rings. The predicted molar refractivity (Wildman–Crippen MR) is 90.0 cm³/mol. The van der Waals surface area contributed by atoms with Crippen molar-refractivity contribution in [3.05, 3.63) is 45.9 Å². The van der Waals surface area contributed by atoms with Crippen molar-refractivity contribution < 1.29 is 23.7 Å². The summed E-state index contributed by atoms with van der Waals surface area (Å²) in [5.74, 6) is 2.41. The predicted octanol–water partition coefficient (Wildman–Crippen LogP) is 3.87. The van der Waals surface area contributed by atoms with Crippen molar-refractivity contribution in [1.82, 2.24) is 0 Å². The minimum absolute atomic E-state index is 0.267. The number of ether oxygens (including phenoxy) is 4. The molecule has 0 heterocycles. The van der Waals surface area contributed by atoms with E-state index in [1.807, 2.05) is 12.1 Å². The van der Waals surface area contributed by atoms with E-state index in [1.54, 1.807) is 32.4 Å². The second-order valence-corrected chi connectivity index (χ2v) is 5.47. The van der Waals surface area contributed by atoms with Crippen LogP contribution in [-0.4, -0.2) is 27.6 Å². The average Bonchev–Trinajstić information content (AvgIpc) is 2.60. The lowest BCUT2D eigenvalue weighted by atomic mass is 10.2. The SMILES string of the molecule is COc1cc(COc2ccc(C=O)cc2OC)c(OC)cc1Br. The topological polar surface area (TPSA) is 54.0 Å². The van der Waals surface area contributed by atoms with Crippen LogP contribution < -0.4 is 18.9 Å². The van der Waals surface area contributed by atoms with Gasteiger partial charge in [-0.25, -0.2) is 0 Å². The zero-order valence-electron chi connectivity index (χ0n) is 13.1. The first-order chi connectivity index (χ1) is 11.1. The first-order valence-electron chi connectivity index (χ1n) is 6.79. The summed E-state index contributed by atoms with van der Waals surface area (Å²) in [6.45, 7) is 0.267. The zero-order chi connectivity index (χ0) is 16.8. The Bertz CT molecular complexity index is 700. The monoisotopic (exact) mass is 380 g/mol. The number of aldehydes is 1. The van der Waals surface area contributed by atoms with Crippen molar-refractivity contribution in [2.75, 3.05) is 21.3 Å². The Morgan fingerprint density at radius 1 is 0.913 bits per heavy atom. The van der Waals surface area contributed by atoms with Gasteiger partial charge in [0.1, 0.15) is 24.4 Å². The molecule has 0 N–H and O–H groups in total. The Hall–Kier alpha value is -2.21. The summed E-state index contributed by atoms with van der Waals surface area (Å²) in [7, 11) is 4.72. The maximum Gasteiger partial charge on any atom is 0.161 e. The zero-order valence-corrected chi connectivity index (χ0v) is 14.7.